The number of unbranched alkanes of at least 4 members (excludes halogenated alkanes) is 1. The van der Waals surface area contributed by atoms with E-state index in [9.17, 15) is 0 Å². The summed E-state index contributed by atoms with van der Waals surface area (Å²) in [5.74, 6) is 0.815. The lowest BCUT2D eigenvalue weighted by Crippen LogP contribution is -2.24. The summed E-state index contributed by atoms with van der Waals surface area (Å²) in [6.45, 7) is 2.83. The van der Waals surface area contributed by atoms with Crippen molar-refractivity contribution < 1.29 is 4.74 Å². The van der Waals surface area contributed by atoms with Gasteiger partial charge >= 0.3 is 0 Å². The zero-order chi connectivity index (χ0) is 15.1. The SMILES string of the molecule is CCCCOc1ccc2ccccc2c1/C=N\NC(N)=S. The predicted octanol–water partition coefficient (Wildman–Crippen LogP) is 3.19. The average molecular weight is 301 g/mol. The van der Waals surface area contributed by atoms with Crippen LogP contribution in [-0.4, -0.2) is 17.9 Å². The molecule has 0 spiro atoms. The van der Waals surface area contributed by atoms with Crippen molar-refractivity contribution >= 4 is 34.3 Å². The standard InChI is InChI=1S/C16H19N3OS/c1-2-3-10-20-15-9-8-12-6-4-5-7-13(12)14(15)11-18-19-16(17)21/h4-9,11H,2-3,10H2,1H3,(H3,17,19,21)/b18-11-. The average Bonchev–Trinajstić information content (AvgIpc) is 2.48. The Kier molecular flexibility index (Phi) is 5.51. The van der Waals surface area contributed by atoms with E-state index in [1.165, 1.54) is 0 Å². The highest BCUT2D eigenvalue weighted by Gasteiger charge is 2.07. The Morgan fingerprint density at radius 3 is 2.90 bits per heavy atom. The van der Waals surface area contributed by atoms with Crippen LogP contribution in [0, 0.1) is 0 Å². The second-order valence-corrected chi connectivity index (χ2v) is 5.07. The Balaban J connectivity index is 2.36. The van der Waals surface area contributed by atoms with Gasteiger partial charge in [-0.05, 0) is 35.5 Å². The van der Waals surface area contributed by atoms with Gasteiger partial charge in [0.05, 0.1) is 12.8 Å². The molecule has 21 heavy (non-hydrogen) atoms. The number of nitrogens with one attached hydrogen (secondary N) is 1. The van der Waals surface area contributed by atoms with Crippen molar-refractivity contribution in [3.05, 3.63) is 42.0 Å². The van der Waals surface area contributed by atoms with E-state index in [0.29, 0.717) is 6.61 Å². The number of ether oxygens (including phenoxy) is 1. The summed E-state index contributed by atoms with van der Waals surface area (Å²) >= 11 is 4.75. The highest BCUT2D eigenvalue weighted by Crippen LogP contribution is 2.26. The molecular weight excluding hydrogens is 282 g/mol. The molecule has 0 heterocycles. The van der Waals surface area contributed by atoms with Gasteiger partial charge < -0.3 is 10.5 Å². The van der Waals surface area contributed by atoms with Gasteiger partial charge in [-0.25, -0.2) is 0 Å². The topological polar surface area (TPSA) is 59.6 Å². The fraction of sp³-hybridized carbons (Fsp3) is 0.250. The highest BCUT2D eigenvalue weighted by molar-refractivity contribution is 7.80. The molecule has 0 aliphatic heterocycles. The Bertz CT molecular complexity index is 655. The maximum absolute atomic E-state index is 5.86. The van der Waals surface area contributed by atoms with Gasteiger partial charge in [0, 0.05) is 5.56 Å². The van der Waals surface area contributed by atoms with Gasteiger partial charge in [0.2, 0.25) is 0 Å². The van der Waals surface area contributed by atoms with Gasteiger partial charge in [-0.1, -0.05) is 43.7 Å². The molecule has 0 aromatic heterocycles. The van der Waals surface area contributed by atoms with E-state index in [1.807, 2.05) is 24.3 Å². The number of rotatable bonds is 6. The predicted molar refractivity (Wildman–Crippen MR) is 91.9 cm³/mol. The number of nitrogens with two attached hydrogens (primary N) is 1. The molecule has 2 rings (SSSR count). The lowest BCUT2D eigenvalue weighted by atomic mass is 10.0. The van der Waals surface area contributed by atoms with Gasteiger partial charge in [-0.15, -0.1) is 0 Å². The summed E-state index contributed by atoms with van der Waals surface area (Å²) in [4.78, 5) is 0. The summed E-state index contributed by atoms with van der Waals surface area (Å²) in [5, 5.41) is 6.42. The normalized spacial score (nSPS) is 10.9. The monoisotopic (exact) mass is 301 g/mol. The van der Waals surface area contributed by atoms with Crippen molar-refractivity contribution in [3.8, 4) is 5.75 Å². The number of hydrazone groups is 1. The summed E-state index contributed by atoms with van der Waals surface area (Å²) in [6.07, 6.45) is 3.82. The number of fused-ring (bicyclic) bond motifs is 1. The minimum Gasteiger partial charge on any atom is -0.493 e. The molecule has 0 unspecified atom stereocenters. The van der Waals surface area contributed by atoms with Crippen molar-refractivity contribution in [2.75, 3.05) is 6.61 Å². The van der Waals surface area contributed by atoms with Gasteiger partial charge in [-0.3, -0.25) is 5.43 Å². The first-order valence-electron chi connectivity index (χ1n) is 6.95. The molecule has 2 aromatic rings. The third-order valence-corrected chi connectivity index (χ3v) is 3.15. The first-order valence-corrected chi connectivity index (χ1v) is 7.36. The van der Waals surface area contributed by atoms with Gasteiger partial charge in [-0.2, -0.15) is 5.10 Å². The van der Waals surface area contributed by atoms with E-state index in [-0.39, 0.29) is 5.11 Å². The fourth-order valence-corrected chi connectivity index (χ4v) is 2.07. The van der Waals surface area contributed by atoms with E-state index >= 15 is 0 Å². The maximum atomic E-state index is 5.86. The number of nitrogens with zero attached hydrogens (tertiary/aromatic N) is 1. The van der Waals surface area contributed by atoms with Crippen LogP contribution in [0.1, 0.15) is 25.3 Å². The number of benzene rings is 2. The molecule has 0 fully saturated rings. The molecule has 0 saturated carbocycles. The van der Waals surface area contributed by atoms with Crippen LogP contribution in [0.4, 0.5) is 0 Å². The van der Waals surface area contributed by atoms with Crippen LogP contribution < -0.4 is 15.9 Å². The van der Waals surface area contributed by atoms with Crippen LogP contribution in [0.5, 0.6) is 5.75 Å². The van der Waals surface area contributed by atoms with Crippen LogP contribution >= 0.6 is 12.2 Å². The van der Waals surface area contributed by atoms with E-state index < -0.39 is 0 Å². The zero-order valence-corrected chi connectivity index (χ0v) is 12.8. The summed E-state index contributed by atoms with van der Waals surface area (Å²) in [5.41, 5.74) is 8.88. The van der Waals surface area contributed by atoms with Gasteiger partial charge in [0.25, 0.3) is 0 Å². The minimum absolute atomic E-state index is 0.139. The quantitative estimate of drug-likeness (QED) is 0.372. The first kappa shape index (κ1) is 15.3. The number of hydrogen-bond donors (Lipinski definition) is 2. The summed E-state index contributed by atoms with van der Waals surface area (Å²) in [6, 6.07) is 12.1. The van der Waals surface area contributed by atoms with Crippen LogP contribution in [-0.2, 0) is 0 Å². The van der Waals surface area contributed by atoms with Gasteiger partial charge in [0.1, 0.15) is 5.75 Å². The molecule has 2 aromatic carbocycles. The van der Waals surface area contributed by atoms with Crippen molar-refractivity contribution in [2.45, 2.75) is 19.8 Å². The van der Waals surface area contributed by atoms with Crippen molar-refractivity contribution in [2.24, 2.45) is 10.8 Å². The maximum Gasteiger partial charge on any atom is 0.184 e. The van der Waals surface area contributed by atoms with Crippen LogP contribution in [0.25, 0.3) is 10.8 Å². The van der Waals surface area contributed by atoms with E-state index in [4.69, 9.17) is 22.7 Å². The van der Waals surface area contributed by atoms with Crippen LogP contribution in [0.15, 0.2) is 41.5 Å². The molecule has 0 radical (unpaired) electrons. The Morgan fingerprint density at radius 1 is 1.33 bits per heavy atom. The minimum atomic E-state index is 0.139. The Morgan fingerprint density at radius 2 is 2.14 bits per heavy atom. The molecule has 0 saturated heterocycles. The molecule has 0 aliphatic carbocycles. The number of thiocarbonyl (C=S) groups is 1. The smallest absolute Gasteiger partial charge is 0.184 e. The second kappa shape index (κ2) is 7.59. The van der Waals surface area contributed by atoms with Gasteiger partial charge in [0.15, 0.2) is 5.11 Å². The molecule has 0 bridgehead atoms. The summed E-state index contributed by atoms with van der Waals surface area (Å²) in [7, 11) is 0. The van der Waals surface area contributed by atoms with Crippen molar-refractivity contribution in [1.82, 2.24) is 5.43 Å². The first-order chi connectivity index (χ1) is 10.2. The lowest BCUT2D eigenvalue weighted by Gasteiger charge is -2.11. The third kappa shape index (κ3) is 4.16. The number of hydrogen-bond acceptors (Lipinski definition) is 3. The molecule has 3 N–H and O–H groups in total. The van der Waals surface area contributed by atoms with Crippen molar-refractivity contribution in [1.29, 1.82) is 0 Å². The largest absolute Gasteiger partial charge is 0.493 e. The molecule has 0 atom stereocenters. The zero-order valence-electron chi connectivity index (χ0n) is 12.0. The van der Waals surface area contributed by atoms with E-state index in [2.05, 4.69) is 29.6 Å². The second-order valence-electron chi connectivity index (χ2n) is 4.63. The Labute approximate surface area is 130 Å². The molecule has 0 aliphatic rings. The Hall–Kier alpha value is -2.14. The highest BCUT2D eigenvalue weighted by atomic mass is 32.1. The molecule has 0 amide bonds. The molecule has 110 valence electrons. The van der Waals surface area contributed by atoms with Crippen LogP contribution in [0.2, 0.25) is 0 Å². The lowest BCUT2D eigenvalue weighted by molar-refractivity contribution is 0.309. The van der Waals surface area contributed by atoms with Crippen LogP contribution in [0.3, 0.4) is 0 Å². The fourth-order valence-electron chi connectivity index (χ4n) is 2.02. The molecule has 5 heteroatoms. The third-order valence-electron chi connectivity index (χ3n) is 3.05. The molecule has 4 nitrogen and oxygen atoms in total. The van der Waals surface area contributed by atoms with E-state index in [0.717, 1.165) is 34.9 Å². The van der Waals surface area contributed by atoms with E-state index in [1.54, 1.807) is 6.21 Å². The molecular formula is C16H19N3OS. The summed E-state index contributed by atoms with van der Waals surface area (Å²) < 4.78 is 5.86. The van der Waals surface area contributed by atoms with Crippen molar-refractivity contribution in [3.63, 3.8) is 0 Å².